The zero-order valence-corrected chi connectivity index (χ0v) is 10.4. The Hall–Kier alpha value is -1.09. The molecule has 0 aliphatic heterocycles. The van der Waals surface area contributed by atoms with Crippen LogP contribution < -0.4 is 0 Å². The van der Waals surface area contributed by atoms with E-state index in [1.165, 1.54) is 6.08 Å². The Kier molecular flexibility index (Phi) is 6.04. The van der Waals surface area contributed by atoms with E-state index >= 15 is 0 Å². The molecule has 0 amide bonds. The molecule has 0 saturated carbocycles. The van der Waals surface area contributed by atoms with E-state index in [1.807, 2.05) is 6.92 Å². The molecule has 0 spiro atoms. The third-order valence-corrected chi connectivity index (χ3v) is 2.43. The van der Waals surface area contributed by atoms with Gasteiger partial charge in [-0.3, -0.25) is 0 Å². The highest BCUT2D eigenvalue weighted by atomic mass is 16.6. The Labute approximate surface area is 97.8 Å². The lowest BCUT2D eigenvalue weighted by atomic mass is 9.84. The lowest BCUT2D eigenvalue weighted by Crippen LogP contribution is -2.45. The van der Waals surface area contributed by atoms with Gasteiger partial charge in [0.25, 0.3) is 0 Å². The number of carbonyl (C=O) groups is 1. The molecule has 0 radical (unpaired) electrons. The molecule has 1 N–H and O–H groups in total. The molecule has 0 bridgehead atoms. The van der Waals surface area contributed by atoms with Crippen molar-refractivity contribution >= 4 is 5.97 Å². The monoisotopic (exact) mass is 226 g/mol. The minimum absolute atomic E-state index is 0.258. The molecule has 0 aliphatic carbocycles. The van der Waals surface area contributed by atoms with E-state index < -0.39 is 11.6 Å². The molecule has 0 fully saturated rings. The molecule has 2 atom stereocenters. The highest BCUT2D eigenvalue weighted by Crippen LogP contribution is 2.26. The Morgan fingerprint density at radius 2 is 2.06 bits per heavy atom. The number of carbonyl (C=O) groups excluding carboxylic acids is 1. The Morgan fingerprint density at radius 3 is 2.38 bits per heavy atom. The van der Waals surface area contributed by atoms with Crippen LogP contribution in [0.15, 0.2) is 25.3 Å². The number of hydrogen-bond donors (Lipinski definition) is 1. The van der Waals surface area contributed by atoms with Crippen LogP contribution in [-0.2, 0) is 9.53 Å². The average Bonchev–Trinajstić information content (AvgIpc) is 2.23. The van der Waals surface area contributed by atoms with Crippen molar-refractivity contribution in [2.75, 3.05) is 0 Å². The molecule has 3 nitrogen and oxygen atoms in total. The predicted octanol–water partition coefficient (Wildman–Crippen LogP) is 2.46. The minimum atomic E-state index is -1.66. The van der Waals surface area contributed by atoms with Crippen molar-refractivity contribution < 1.29 is 14.6 Å². The van der Waals surface area contributed by atoms with Crippen molar-refractivity contribution in [3.05, 3.63) is 25.3 Å². The molecule has 0 rings (SSSR count). The van der Waals surface area contributed by atoms with E-state index in [1.54, 1.807) is 19.9 Å². The van der Waals surface area contributed by atoms with Gasteiger partial charge in [0.15, 0.2) is 5.60 Å². The molecule has 0 aromatic carbocycles. The van der Waals surface area contributed by atoms with Crippen LogP contribution in [-0.4, -0.2) is 22.8 Å². The van der Waals surface area contributed by atoms with Gasteiger partial charge in [0.1, 0.15) is 0 Å². The molecular formula is C13H22O3. The van der Waals surface area contributed by atoms with Gasteiger partial charge in [-0.1, -0.05) is 26.0 Å². The minimum Gasteiger partial charge on any atom is -0.461 e. The SMILES string of the molecule is C=C[C@@H](CCC)[C@@](O)(C=C)C(=O)OC(C)C. The molecule has 0 aromatic heterocycles. The lowest BCUT2D eigenvalue weighted by molar-refractivity contribution is -0.168. The molecule has 0 aliphatic rings. The normalized spacial score (nSPS) is 16.3. The molecule has 0 aromatic rings. The Morgan fingerprint density at radius 1 is 1.50 bits per heavy atom. The zero-order chi connectivity index (χ0) is 12.8. The fraction of sp³-hybridized carbons (Fsp3) is 0.615. The number of aliphatic hydroxyl groups is 1. The first kappa shape index (κ1) is 14.9. The third-order valence-electron chi connectivity index (χ3n) is 2.43. The van der Waals surface area contributed by atoms with Gasteiger partial charge < -0.3 is 9.84 Å². The quantitative estimate of drug-likeness (QED) is 0.536. The lowest BCUT2D eigenvalue weighted by Gasteiger charge is -2.29. The van der Waals surface area contributed by atoms with Crippen LogP contribution in [0.25, 0.3) is 0 Å². The number of rotatable bonds is 7. The second kappa shape index (κ2) is 6.48. The zero-order valence-electron chi connectivity index (χ0n) is 10.4. The summed E-state index contributed by atoms with van der Waals surface area (Å²) in [6.07, 6.45) is 4.07. The summed E-state index contributed by atoms with van der Waals surface area (Å²) < 4.78 is 5.03. The van der Waals surface area contributed by atoms with Crippen molar-refractivity contribution in [2.24, 2.45) is 5.92 Å². The predicted molar refractivity (Wildman–Crippen MR) is 65.0 cm³/mol. The van der Waals surface area contributed by atoms with Gasteiger partial charge >= 0.3 is 5.97 Å². The largest absolute Gasteiger partial charge is 0.461 e. The number of ether oxygens (including phenoxy) is 1. The van der Waals surface area contributed by atoms with Crippen LogP contribution in [0.4, 0.5) is 0 Å². The fourth-order valence-corrected chi connectivity index (χ4v) is 1.52. The summed E-state index contributed by atoms with van der Waals surface area (Å²) in [5.41, 5.74) is -1.66. The first-order valence-corrected chi connectivity index (χ1v) is 5.61. The van der Waals surface area contributed by atoms with Gasteiger partial charge in [-0.2, -0.15) is 0 Å². The first-order chi connectivity index (χ1) is 7.42. The van der Waals surface area contributed by atoms with Crippen LogP contribution in [0, 0.1) is 5.92 Å². The maximum absolute atomic E-state index is 11.8. The molecule has 0 unspecified atom stereocenters. The smallest absolute Gasteiger partial charge is 0.343 e. The van der Waals surface area contributed by atoms with E-state index in [9.17, 15) is 9.90 Å². The van der Waals surface area contributed by atoms with Gasteiger partial charge in [-0.25, -0.2) is 4.79 Å². The van der Waals surface area contributed by atoms with Crippen molar-refractivity contribution in [3.63, 3.8) is 0 Å². The van der Waals surface area contributed by atoms with Crippen LogP contribution in [0.1, 0.15) is 33.6 Å². The summed E-state index contributed by atoms with van der Waals surface area (Å²) in [5, 5.41) is 10.3. The van der Waals surface area contributed by atoms with Crippen molar-refractivity contribution in [1.82, 2.24) is 0 Å². The Balaban J connectivity index is 4.92. The van der Waals surface area contributed by atoms with Gasteiger partial charge in [0.2, 0.25) is 0 Å². The summed E-state index contributed by atoms with van der Waals surface area (Å²) in [6, 6.07) is 0. The third kappa shape index (κ3) is 3.49. The summed E-state index contributed by atoms with van der Waals surface area (Å²) in [5.74, 6) is -1.02. The van der Waals surface area contributed by atoms with Crippen LogP contribution >= 0.6 is 0 Å². The maximum Gasteiger partial charge on any atom is 0.343 e. The van der Waals surface area contributed by atoms with E-state index in [0.717, 1.165) is 6.42 Å². The molecule has 16 heavy (non-hydrogen) atoms. The molecule has 0 saturated heterocycles. The number of hydrogen-bond acceptors (Lipinski definition) is 3. The van der Waals surface area contributed by atoms with Crippen molar-refractivity contribution in [3.8, 4) is 0 Å². The van der Waals surface area contributed by atoms with Crippen LogP contribution in [0.2, 0.25) is 0 Å². The van der Waals surface area contributed by atoms with Gasteiger partial charge in [0.05, 0.1) is 6.10 Å². The molecule has 3 heteroatoms. The van der Waals surface area contributed by atoms with Crippen LogP contribution in [0.5, 0.6) is 0 Å². The highest BCUT2D eigenvalue weighted by molar-refractivity contribution is 5.82. The first-order valence-electron chi connectivity index (χ1n) is 5.61. The summed E-state index contributed by atoms with van der Waals surface area (Å²) in [4.78, 5) is 11.8. The van der Waals surface area contributed by atoms with Crippen molar-refractivity contribution in [1.29, 1.82) is 0 Å². The summed E-state index contributed by atoms with van der Waals surface area (Å²) >= 11 is 0. The average molecular weight is 226 g/mol. The highest BCUT2D eigenvalue weighted by Gasteiger charge is 2.41. The fourth-order valence-electron chi connectivity index (χ4n) is 1.52. The van der Waals surface area contributed by atoms with E-state index in [2.05, 4.69) is 13.2 Å². The van der Waals surface area contributed by atoms with E-state index in [4.69, 9.17) is 4.74 Å². The molecular weight excluding hydrogens is 204 g/mol. The molecule has 92 valence electrons. The summed E-state index contributed by atoms with van der Waals surface area (Å²) in [6.45, 7) is 12.6. The maximum atomic E-state index is 11.8. The van der Waals surface area contributed by atoms with E-state index in [-0.39, 0.29) is 12.0 Å². The second-order valence-electron chi connectivity index (χ2n) is 4.11. The van der Waals surface area contributed by atoms with Gasteiger partial charge in [-0.05, 0) is 26.3 Å². The van der Waals surface area contributed by atoms with Gasteiger partial charge in [0, 0.05) is 5.92 Å². The van der Waals surface area contributed by atoms with Crippen LogP contribution in [0.3, 0.4) is 0 Å². The molecule has 0 heterocycles. The van der Waals surface area contributed by atoms with Crippen molar-refractivity contribution in [2.45, 2.75) is 45.3 Å². The topological polar surface area (TPSA) is 46.5 Å². The standard InChI is InChI=1S/C13H22O3/c1-6-9-11(7-2)13(15,8-3)12(14)16-10(4)5/h7-8,10-11,15H,2-3,6,9H2,1,4-5H3/t11-,13-/m0/s1. The summed E-state index contributed by atoms with van der Waals surface area (Å²) in [7, 11) is 0. The number of esters is 1. The Bertz CT molecular complexity index is 258. The second-order valence-corrected chi connectivity index (χ2v) is 4.11. The van der Waals surface area contributed by atoms with Gasteiger partial charge in [-0.15, -0.1) is 6.58 Å². The van der Waals surface area contributed by atoms with E-state index in [0.29, 0.717) is 6.42 Å².